The molecule has 0 bridgehead atoms. The van der Waals surface area contributed by atoms with Gasteiger partial charge in [-0.25, -0.2) is 0 Å². The van der Waals surface area contributed by atoms with Gasteiger partial charge in [-0.1, -0.05) is 11.6 Å². The van der Waals surface area contributed by atoms with Crippen LogP contribution < -0.4 is 5.32 Å². The molecule has 100 valence electrons. The molecule has 1 aromatic rings. The van der Waals surface area contributed by atoms with Gasteiger partial charge in [-0.05, 0) is 59.5 Å². The third-order valence-electron chi connectivity index (χ3n) is 2.82. The maximum atomic E-state index is 9.77. The lowest BCUT2D eigenvalue weighted by atomic mass is 10.3. The van der Waals surface area contributed by atoms with Crippen LogP contribution >= 0.6 is 34.2 Å². The summed E-state index contributed by atoms with van der Waals surface area (Å²) in [7, 11) is 0. The van der Waals surface area contributed by atoms with Gasteiger partial charge in [0.2, 0.25) is 0 Å². The Kier molecular flexibility index (Phi) is 5.54. The third-order valence-corrected chi connectivity index (χ3v) is 3.82. The van der Waals surface area contributed by atoms with Gasteiger partial charge in [-0.2, -0.15) is 0 Å². The first-order valence-corrected chi connectivity index (χ1v) is 7.55. The van der Waals surface area contributed by atoms with E-state index in [0.717, 1.165) is 21.8 Å². The molecule has 1 saturated carbocycles. The zero-order valence-corrected chi connectivity index (χ0v) is 12.9. The van der Waals surface area contributed by atoms with Crippen molar-refractivity contribution in [1.82, 2.24) is 0 Å². The van der Waals surface area contributed by atoms with Gasteiger partial charge >= 0.3 is 0 Å². The molecule has 0 heterocycles. The molecule has 1 aliphatic rings. The number of anilines is 1. The van der Waals surface area contributed by atoms with Gasteiger partial charge in [0.25, 0.3) is 0 Å². The fourth-order valence-electron chi connectivity index (χ4n) is 1.57. The molecule has 1 unspecified atom stereocenters. The highest BCUT2D eigenvalue weighted by Crippen LogP contribution is 2.28. The summed E-state index contributed by atoms with van der Waals surface area (Å²) < 4.78 is 6.55. The van der Waals surface area contributed by atoms with Crippen molar-refractivity contribution in [3.8, 4) is 0 Å². The number of halogens is 2. The van der Waals surface area contributed by atoms with Crippen LogP contribution in [0.15, 0.2) is 18.2 Å². The van der Waals surface area contributed by atoms with Crippen LogP contribution in [0.2, 0.25) is 5.02 Å². The molecule has 0 aromatic heterocycles. The molecule has 5 heteroatoms. The summed E-state index contributed by atoms with van der Waals surface area (Å²) in [6, 6.07) is 5.76. The predicted molar refractivity (Wildman–Crippen MR) is 82.2 cm³/mol. The Morgan fingerprint density at radius 3 is 3.00 bits per heavy atom. The monoisotopic (exact) mass is 381 g/mol. The maximum Gasteiger partial charge on any atom is 0.0945 e. The van der Waals surface area contributed by atoms with Crippen LogP contribution in [0.1, 0.15) is 12.8 Å². The van der Waals surface area contributed by atoms with Crippen molar-refractivity contribution in [2.24, 2.45) is 5.92 Å². The Hall–Kier alpha value is -0.0400. The molecular weight excluding hydrogens is 365 g/mol. The molecule has 1 fully saturated rings. The molecule has 1 aromatic carbocycles. The van der Waals surface area contributed by atoms with E-state index >= 15 is 0 Å². The third kappa shape index (κ3) is 4.91. The summed E-state index contributed by atoms with van der Waals surface area (Å²) >= 11 is 8.29. The Morgan fingerprint density at radius 2 is 2.28 bits per heavy atom. The van der Waals surface area contributed by atoms with E-state index in [0.29, 0.717) is 18.2 Å². The summed E-state index contributed by atoms with van der Waals surface area (Å²) in [5.41, 5.74) is 0.852. The van der Waals surface area contributed by atoms with Crippen LogP contribution in [-0.2, 0) is 4.74 Å². The largest absolute Gasteiger partial charge is 0.389 e. The Bertz CT molecular complexity index is 399. The summed E-state index contributed by atoms with van der Waals surface area (Å²) in [5, 5.41) is 13.6. The van der Waals surface area contributed by atoms with Gasteiger partial charge < -0.3 is 15.2 Å². The highest BCUT2D eigenvalue weighted by Gasteiger charge is 2.21. The van der Waals surface area contributed by atoms with Crippen molar-refractivity contribution in [1.29, 1.82) is 0 Å². The second-order valence-corrected chi connectivity index (χ2v) is 6.29. The van der Waals surface area contributed by atoms with Crippen molar-refractivity contribution in [2.75, 3.05) is 25.1 Å². The van der Waals surface area contributed by atoms with Crippen LogP contribution in [0.4, 0.5) is 5.69 Å². The standard InChI is InChI=1S/C13H17ClINO2/c14-12-4-3-10(15)5-13(12)16-6-11(17)8-18-7-9-1-2-9/h3-5,9,11,16-17H,1-2,6-8H2. The van der Waals surface area contributed by atoms with E-state index in [1.165, 1.54) is 12.8 Å². The van der Waals surface area contributed by atoms with Gasteiger partial charge in [0.1, 0.15) is 0 Å². The number of nitrogens with one attached hydrogen (secondary N) is 1. The molecule has 2 N–H and O–H groups in total. The van der Waals surface area contributed by atoms with E-state index in [1.807, 2.05) is 18.2 Å². The van der Waals surface area contributed by atoms with Crippen LogP contribution in [0.3, 0.4) is 0 Å². The van der Waals surface area contributed by atoms with Crippen LogP contribution in [-0.4, -0.2) is 31.0 Å². The SMILES string of the molecule is OC(CNc1cc(I)ccc1Cl)COCC1CC1. The van der Waals surface area contributed by atoms with E-state index in [9.17, 15) is 5.11 Å². The quantitative estimate of drug-likeness (QED) is 0.713. The van der Waals surface area contributed by atoms with Gasteiger partial charge in [-0.15, -0.1) is 0 Å². The molecule has 1 atom stereocenters. The maximum absolute atomic E-state index is 9.77. The van der Waals surface area contributed by atoms with E-state index in [2.05, 4.69) is 27.9 Å². The average Bonchev–Trinajstić information content (AvgIpc) is 3.14. The lowest BCUT2D eigenvalue weighted by molar-refractivity contribution is 0.0386. The number of hydrogen-bond donors (Lipinski definition) is 2. The van der Waals surface area contributed by atoms with Gasteiger partial charge in [0, 0.05) is 16.7 Å². The molecule has 2 rings (SSSR count). The highest BCUT2D eigenvalue weighted by molar-refractivity contribution is 14.1. The van der Waals surface area contributed by atoms with E-state index < -0.39 is 6.10 Å². The van der Waals surface area contributed by atoms with Gasteiger partial charge in [0.05, 0.1) is 23.4 Å². The first kappa shape index (κ1) is 14.4. The summed E-state index contributed by atoms with van der Waals surface area (Å²) in [4.78, 5) is 0. The molecule has 0 radical (unpaired) electrons. The van der Waals surface area contributed by atoms with Crippen molar-refractivity contribution in [3.05, 3.63) is 26.8 Å². The van der Waals surface area contributed by atoms with E-state index in [1.54, 1.807) is 0 Å². The summed E-state index contributed by atoms with van der Waals surface area (Å²) in [6.45, 7) is 1.61. The van der Waals surface area contributed by atoms with Crippen molar-refractivity contribution in [3.63, 3.8) is 0 Å². The zero-order valence-electron chi connectivity index (χ0n) is 10.0. The number of aliphatic hydroxyl groups excluding tert-OH is 1. The molecular formula is C13H17ClINO2. The molecule has 0 spiro atoms. The smallest absolute Gasteiger partial charge is 0.0945 e. The van der Waals surface area contributed by atoms with Gasteiger partial charge in [-0.3, -0.25) is 0 Å². The molecule has 18 heavy (non-hydrogen) atoms. The lowest BCUT2D eigenvalue weighted by Crippen LogP contribution is -2.25. The molecule has 0 saturated heterocycles. The minimum absolute atomic E-state index is 0.380. The minimum atomic E-state index is -0.502. The predicted octanol–water partition coefficient (Wildman–Crippen LogP) is 3.14. The lowest BCUT2D eigenvalue weighted by Gasteiger charge is -2.14. The topological polar surface area (TPSA) is 41.5 Å². The highest BCUT2D eigenvalue weighted by atomic mass is 127. The first-order chi connectivity index (χ1) is 8.65. The summed E-state index contributed by atoms with van der Waals surface area (Å²) in [5.74, 6) is 0.732. The average molecular weight is 382 g/mol. The fraction of sp³-hybridized carbons (Fsp3) is 0.538. The van der Waals surface area contributed by atoms with Crippen molar-refractivity contribution in [2.45, 2.75) is 18.9 Å². The van der Waals surface area contributed by atoms with Crippen LogP contribution in [0, 0.1) is 9.49 Å². The van der Waals surface area contributed by atoms with Crippen LogP contribution in [0.5, 0.6) is 0 Å². The Morgan fingerprint density at radius 1 is 1.50 bits per heavy atom. The number of hydrogen-bond acceptors (Lipinski definition) is 3. The minimum Gasteiger partial charge on any atom is -0.389 e. The second kappa shape index (κ2) is 6.93. The summed E-state index contributed by atoms with van der Waals surface area (Å²) in [6.07, 6.45) is 2.04. The number of rotatable bonds is 7. The molecule has 0 aliphatic heterocycles. The molecule has 0 amide bonds. The molecule has 3 nitrogen and oxygen atoms in total. The van der Waals surface area contributed by atoms with Crippen LogP contribution in [0.25, 0.3) is 0 Å². The normalized spacial score (nSPS) is 16.6. The fourth-order valence-corrected chi connectivity index (χ4v) is 2.25. The number of aliphatic hydroxyl groups is 1. The van der Waals surface area contributed by atoms with Crippen molar-refractivity contribution >= 4 is 39.9 Å². The van der Waals surface area contributed by atoms with E-state index in [4.69, 9.17) is 16.3 Å². The second-order valence-electron chi connectivity index (χ2n) is 4.64. The number of ether oxygens (including phenoxy) is 1. The van der Waals surface area contributed by atoms with Gasteiger partial charge in [0.15, 0.2) is 0 Å². The Balaban J connectivity index is 1.70. The number of benzene rings is 1. The Labute approximate surface area is 126 Å². The zero-order chi connectivity index (χ0) is 13.0. The van der Waals surface area contributed by atoms with Crippen molar-refractivity contribution < 1.29 is 9.84 Å². The first-order valence-electron chi connectivity index (χ1n) is 6.10. The van der Waals surface area contributed by atoms with E-state index in [-0.39, 0.29) is 0 Å². The molecule has 1 aliphatic carbocycles.